The van der Waals surface area contributed by atoms with Crippen LogP contribution in [0.2, 0.25) is 0 Å². The van der Waals surface area contributed by atoms with Crippen molar-refractivity contribution in [1.82, 2.24) is 19.4 Å². The normalized spacial score (nSPS) is 15.8. The molecule has 3 heterocycles. The van der Waals surface area contributed by atoms with Crippen LogP contribution in [0.1, 0.15) is 24.5 Å². The maximum Gasteiger partial charge on any atom is 0.138 e. The fourth-order valence-electron chi connectivity index (χ4n) is 3.47. The van der Waals surface area contributed by atoms with E-state index in [-0.39, 0.29) is 0 Å². The van der Waals surface area contributed by atoms with Gasteiger partial charge in [0.15, 0.2) is 0 Å². The Labute approximate surface area is 154 Å². The van der Waals surface area contributed by atoms with Crippen molar-refractivity contribution in [2.24, 2.45) is 0 Å². The molecule has 26 heavy (non-hydrogen) atoms. The Morgan fingerprint density at radius 1 is 1.00 bits per heavy atom. The number of para-hydroxylation sites is 1. The van der Waals surface area contributed by atoms with Crippen LogP contribution in [0.25, 0.3) is 5.82 Å². The Bertz CT molecular complexity index is 796. The van der Waals surface area contributed by atoms with Crippen LogP contribution in [0.5, 0.6) is 5.75 Å². The number of benzene rings is 1. The van der Waals surface area contributed by atoms with E-state index in [4.69, 9.17) is 9.72 Å². The summed E-state index contributed by atoms with van der Waals surface area (Å²) in [6.07, 6.45) is 7.80. The van der Waals surface area contributed by atoms with Crippen LogP contribution in [-0.2, 0) is 0 Å². The van der Waals surface area contributed by atoms with Crippen LogP contribution in [0.4, 0.5) is 0 Å². The maximum atomic E-state index is 5.81. The number of hydrogen-bond donors (Lipinski definition) is 0. The summed E-state index contributed by atoms with van der Waals surface area (Å²) in [5.41, 5.74) is 1.19. The van der Waals surface area contributed by atoms with Gasteiger partial charge >= 0.3 is 0 Å². The van der Waals surface area contributed by atoms with Crippen LogP contribution in [0.15, 0.2) is 67.3 Å². The zero-order valence-electron chi connectivity index (χ0n) is 14.9. The highest BCUT2D eigenvalue weighted by Gasteiger charge is 2.21. The molecule has 1 aliphatic heterocycles. The van der Waals surface area contributed by atoms with E-state index in [1.807, 2.05) is 47.2 Å². The Kier molecular flexibility index (Phi) is 5.26. The van der Waals surface area contributed by atoms with Gasteiger partial charge in [0, 0.05) is 30.6 Å². The van der Waals surface area contributed by atoms with Gasteiger partial charge in [-0.15, -0.1) is 0 Å². The Hall–Kier alpha value is -2.66. The minimum atomic E-state index is 0.532. The standard InChI is InChI=1S/C21H24N4O/c1-2-5-19(6-3-1)26-16-15-24-12-9-18(10-13-24)20-7-4-8-21(23-20)25-14-11-22-17-25/h1-8,11,14,17-18H,9-10,12-13,15-16H2. The van der Waals surface area contributed by atoms with E-state index >= 15 is 0 Å². The molecule has 0 amide bonds. The lowest BCUT2D eigenvalue weighted by Gasteiger charge is -2.31. The van der Waals surface area contributed by atoms with Crippen molar-refractivity contribution in [3.63, 3.8) is 0 Å². The number of ether oxygens (including phenoxy) is 1. The summed E-state index contributed by atoms with van der Waals surface area (Å²) in [4.78, 5) is 11.4. The minimum absolute atomic E-state index is 0.532. The topological polar surface area (TPSA) is 43.2 Å². The number of aromatic nitrogens is 3. The SMILES string of the molecule is c1ccc(OCCN2CCC(c3cccc(-n4ccnc4)n3)CC2)cc1. The first-order valence-electron chi connectivity index (χ1n) is 9.24. The quantitative estimate of drug-likeness (QED) is 0.683. The van der Waals surface area contributed by atoms with Crippen molar-refractivity contribution >= 4 is 0 Å². The van der Waals surface area contributed by atoms with Crippen LogP contribution < -0.4 is 4.74 Å². The number of pyridine rings is 1. The van der Waals surface area contributed by atoms with E-state index in [1.54, 1.807) is 12.5 Å². The molecule has 1 saturated heterocycles. The summed E-state index contributed by atoms with van der Waals surface area (Å²) in [6.45, 7) is 3.91. The monoisotopic (exact) mass is 348 g/mol. The predicted octanol–water partition coefficient (Wildman–Crippen LogP) is 3.53. The van der Waals surface area contributed by atoms with Gasteiger partial charge in [-0.05, 0) is 50.2 Å². The molecule has 0 saturated carbocycles. The summed E-state index contributed by atoms with van der Waals surface area (Å²) in [5, 5.41) is 0. The van der Waals surface area contributed by atoms with Gasteiger partial charge in [0.1, 0.15) is 24.5 Å². The predicted molar refractivity (Wildman–Crippen MR) is 102 cm³/mol. The van der Waals surface area contributed by atoms with Gasteiger partial charge in [-0.2, -0.15) is 0 Å². The summed E-state index contributed by atoms with van der Waals surface area (Å²) < 4.78 is 7.77. The third kappa shape index (κ3) is 4.11. The lowest BCUT2D eigenvalue weighted by Crippen LogP contribution is -2.36. The van der Waals surface area contributed by atoms with E-state index < -0.39 is 0 Å². The lowest BCUT2D eigenvalue weighted by molar-refractivity contribution is 0.172. The first-order valence-corrected chi connectivity index (χ1v) is 9.24. The van der Waals surface area contributed by atoms with E-state index in [1.165, 1.54) is 5.69 Å². The highest BCUT2D eigenvalue weighted by Crippen LogP contribution is 2.27. The van der Waals surface area contributed by atoms with Crippen LogP contribution >= 0.6 is 0 Å². The molecular formula is C21H24N4O. The van der Waals surface area contributed by atoms with Gasteiger partial charge in [-0.1, -0.05) is 24.3 Å². The molecule has 0 spiro atoms. The van der Waals surface area contributed by atoms with Gasteiger partial charge in [0.2, 0.25) is 0 Å². The number of rotatable bonds is 6. The molecule has 0 unspecified atom stereocenters. The van der Waals surface area contributed by atoms with Crippen LogP contribution in [-0.4, -0.2) is 45.7 Å². The highest BCUT2D eigenvalue weighted by molar-refractivity contribution is 5.26. The lowest BCUT2D eigenvalue weighted by atomic mass is 9.93. The molecular weight excluding hydrogens is 324 g/mol. The minimum Gasteiger partial charge on any atom is -0.492 e. The zero-order valence-corrected chi connectivity index (χ0v) is 14.9. The molecule has 5 nitrogen and oxygen atoms in total. The average molecular weight is 348 g/mol. The van der Waals surface area contributed by atoms with Crippen molar-refractivity contribution in [3.05, 3.63) is 72.9 Å². The second-order valence-corrected chi connectivity index (χ2v) is 6.67. The first kappa shape index (κ1) is 16.8. The number of nitrogens with zero attached hydrogens (tertiary/aromatic N) is 4. The fraction of sp³-hybridized carbons (Fsp3) is 0.333. The third-order valence-corrected chi connectivity index (χ3v) is 4.95. The molecule has 0 aliphatic carbocycles. The van der Waals surface area contributed by atoms with E-state index in [0.29, 0.717) is 5.92 Å². The Morgan fingerprint density at radius 2 is 1.85 bits per heavy atom. The number of piperidine rings is 1. The number of likely N-dealkylation sites (tertiary alicyclic amines) is 1. The molecule has 0 atom stereocenters. The molecule has 0 N–H and O–H groups in total. The zero-order chi connectivity index (χ0) is 17.6. The van der Waals surface area contributed by atoms with E-state index in [2.05, 4.69) is 22.0 Å². The smallest absolute Gasteiger partial charge is 0.138 e. The molecule has 1 fully saturated rings. The van der Waals surface area contributed by atoms with Gasteiger partial charge in [0.05, 0.1) is 0 Å². The second kappa shape index (κ2) is 8.15. The van der Waals surface area contributed by atoms with Gasteiger partial charge in [-0.3, -0.25) is 9.47 Å². The maximum absolute atomic E-state index is 5.81. The largest absolute Gasteiger partial charge is 0.492 e. The van der Waals surface area contributed by atoms with Crippen molar-refractivity contribution in [2.75, 3.05) is 26.2 Å². The molecule has 1 aromatic carbocycles. The summed E-state index contributed by atoms with van der Waals surface area (Å²) in [7, 11) is 0. The molecule has 0 radical (unpaired) electrons. The molecule has 2 aromatic heterocycles. The third-order valence-electron chi connectivity index (χ3n) is 4.95. The number of imidazole rings is 1. The second-order valence-electron chi connectivity index (χ2n) is 6.67. The summed E-state index contributed by atoms with van der Waals surface area (Å²) in [6, 6.07) is 16.3. The van der Waals surface area contributed by atoms with E-state index in [9.17, 15) is 0 Å². The molecule has 134 valence electrons. The van der Waals surface area contributed by atoms with Crippen molar-refractivity contribution in [3.8, 4) is 11.6 Å². The van der Waals surface area contributed by atoms with Crippen LogP contribution in [0, 0.1) is 0 Å². The number of hydrogen-bond acceptors (Lipinski definition) is 4. The summed E-state index contributed by atoms with van der Waals surface area (Å²) in [5.74, 6) is 2.42. The van der Waals surface area contributed by atoms with Gasteiger partial charge in [0.25, 0.3) is 0 Å². The molecule has 1 aliphatic rings. The molecule has 0 bridgehead atoms. The van der Waals surface area contributed by atoms with Crippen molar-refractivity contribution in [2.45, 2.75) is 18.8 Å². The van der Waals surface area contributed by atoms with Gasteiger partial charge < -0.3 is 4.74 Å². The highest BCUT2D eigenvalue weighted by atomic mass is 16.5. The average Bonchev–Trinajstić information content (AvgIpc) is 3.24. The van der Waals surface area contributed by atoms with E-state index in [0.717, 1.165) is 50.7 Å². The van der Waals surface area contributed by atoms with Gasteiger partial charge in [-0.25, -0.2) is 9.97 Å². The summed E-state index contributed by atoms with van der Waals surface area (Å²) >= 11 is 0. The Morgan fingerprint density at radius 3 is 2.62 bits per heavy atom. The molecule has 3 aromatic rings. The van der Waals surface area contributed by atoms with Crippen molar-refractivity contribution in [1.29, 1.82) is 0 Å². The van der Waals surface area contributed by atoms with Crippen LogP contribution in [0.3, 0.4) is 0 Å². The molecule has 5 heteroatoms. The fourth-order valence-corrected chi connectivity index (χ4v) is 3.47. The Balaban J connectivity index is 1.28. The van der Waals surface area contributed by atoms with Crippen molar-refractivity contribution < 1.29 is 4.74 Å². The first-order chi connectivity index (χ1) is 12.9. The molecule has 4 rings (SSSR count).